The summed E-state index contributed by atoms with van der Waals surface area (Å²) in [6.45, 7) is 1.58. The second-order valence-corrected chi connectivity index (χ2v) is 4.63. The molecule has 2 rings (SSSR count). The Hall–Kier alpha value is -3.53. The molecule has 0 fully saturated rings. The SMILES string of the molecule is COc1ccc(N=C(NO)/C(C)=N/N=C\c2ccc([N+](=O)[O-])o2)cc1. The number of hydrogen-bond donors (Lipinski definition) is 2. The monoisotopic (exact) mass is 345 g/mol. The predicted octanol–water partition coefficient (Wildman–Crippen LogP) is 2.70. The number of hydrogen-bond acceptors (Lipinski definition) is 8. The fourth-order valence-corrected chi connectivity index (χ4v) is 1.70. The minimum absolute atomic E-state index is 0.0905. The quantitative estimate of drug-likeness (QED) is 0.358. The Kier molecular flexibility index (Phi) is 5.96. The molecule has 130 valence electrons. The summed E-state index contributed by atoms with van der Waals surface area (Å²) < 4.78 is 9.96. The Morgan fingerprint density at radius 1 is 1.32 bits per heavy atom. The minimum atomic E-state index is -0.652. The zero-order valence-electron chi connectivity index (χ0n) is 13.4. The van der Waals surface area contributed by atoms with E-state index in [0.717, 1.165) is 0 Å². The number of ether oxygens (including phenoxy) is 1. The van der Waals surface area contributed by atoms with Gasteiger partial charge in [0.05, 0.1) is 25.1 Å². The van der Waals surface area contributed by atoms with Crippen molar-refractivity contribution in [3.05, 3.63) is 52.3 Å². The Morgan fingerprint density at radius 3 is 2.60 bits per heavy atom. The minimum Gasteiger partial charge on any atom is -0.497 e. The number of nitrogens with zero attached hydrogens (tertiary/aromatic N) is 4. The summed E-state index contributed by atoms with van der Waals surface area (Å²) >= 11 is 0. The first-order chi connectivity index (χ1) is 12.0. The standard InChI is InChI=1S/C15H15N5O5/c1-10(18-16-9-13-7-8-14(25-13)20(22)23)15(19-21)17-11-3-5-12(24-2)6-4-11/h3-9,21H,1-2H3,(H,17,19)/b16-9-,18-10+. The first-order valence-corrected chi connectivity index (χ1v) is 6.98. The number of hydroxylamine groups is 1. The van der Waals surface area contributed by atoms with Crippen molar-refractivity contribution in [1.82, 2.24) is 5.48 Å². The maximum atomic E-state index is 10.5. The number of furan rings is 1. The second kappa shape index (κ2) is 8.36. The molecule has 25 heavy (non-hydrogen) atoms. The summed E-state index contributed by atoms with van der Waals surface area (Å²) in [6.07, 6.45) is 1.21. The summed E-state index contributed by atoms with van der Waals surface area (Å²) in [5, 5.41) is 27.3. The molecule has 1 aromatic carbocycles. The molecular weight excluding hydrogens is 330 g/mol. The average molecular weight is 345 g/mol. The van der Waals surface area contributed by atoms with Crippen molar-refractivity contribution < 1.29 is 19.3 Å². The normalized spacial score (nSPS) is 12.4. The number of nitro groups is 1. The number of rotatable bonds is 6. The van der Waals surface area contributed by atoms with E-state index in [-0.39, 0.29) is 23.2 Å². The third-order valence-corrected chi connectivity index (χ3v) is 2.95. The number of aliphatic imine (C=N–C) groups is 1. The average Bonchev–Trinajstić information content (AvgIpc) is 3.09. The lowest BCUT2D eigenvalue weighted by Gasteiger charge is -2.04. The van der Waals surface area contributed by atoms with Crippen LogP contribution in [0.25, 0.3) is 0 Å². The van der Waals surface area contributed by atoms with E-state index in [1.807, 2.05) is 5.48 Å². The lowest BCUT2D eigenvalue weighted by Crippen LogP contribution is -2.26. The van der Waals surface area contributed by atoms with E-state index in [0.29, 0.717) is 11.4 Å². The van der Waals surface area contributed by atoms with Gasteiger partial charge in [-0.3, -0.25) is 20.8 Å². The second-order valence-electron chi connectivity index (χ2n) is 4.63. The lowest BCUT2D eigenvalue weighted by atomic mass is 10.3. The Morgan fingerprint density at radius 2 is 2.04 bits per heavy atom. The van der Waals surface area contributed by atoms with Gasteiger partial charge in [-0.2, -0.15) is 10.2 Å². The Balaban J connectivity index is 2.12. The van der Waals surface area contributed by atoms with Crippen molar-refractivity contribution in [1.29, 1.82) is 0 Å². The molecule has 1 heterocycles. The lowest BCUT2D eigenvalue weighted by molar-refractivity contribution is -0.402. The van der Waals surface area contributed by atoms with Gasteiger partial charge < -0.3 is 9.15 Å². The molecule has 10 nitrogen and oxygen atoms in total. The van der Waals surface area contributed by atoms with Crippen LogP contribution in [0.5, 0.6) is 5.75 Å². The van der Waals surface area contributed by atoms with E-state index < -0.39 is 4.92 Å². The molecule has 0 amide bonds. The third kappa shape index (κ3) is 4.97. The van der Waals surface area contributed by atoms with Crippen LogP contribution in [0.2, 0.25) is 0 Å². The van der Waals surface area contributed by atoms with E-state index in [1.165, 1.54) is 18.3 Å². The van der Waals surface area contributed by atoms with Gasteiger partial charge in [0.25, 0.3) is 0 Å². The molecule has 2 N–H and O–H groups in total. The van der Waals surface area contributed by atoms with E-state index in [9.17, 15) is 15.3 Å². The fourth-order valence-electron chi connectivity index (χ4n) is 1.70. The maximum Gasteiger partial charge on any atom is 0.433 e. The van der Waals surface area contributed by atoms with Crippen LogP contribution >= 0.6 is 0 Å². The number of amidine groups is 1. The third-order valence-electron chi connectivity index (χ3n) is 2.95. The Labute approximate surface area is 142 Å². The van der Waals surface area contributed by atoms with Gasteiger partial charge in [-0.15, -0.1) is 0 Å². The summed E-state index contributed by atoms with van der Waals surface area (Å²) in [6, 6.07) is 9.46. The van der Waals surface area contributed by atoms with Crippen LogP contribution < -0.4 is 10.2 Å². The fraction of sp³-hybridized carbons (Fsp3) is 0.133. The molecule has 0 spiro atoms. The van der Waals surface area contributed by atoms with E-state index >= 15 is 0 Å². The number of nitrogens with one attached hydrogen (secondary N) is 1. The molecule has 0 aliphatic carbocycles. The maximum absolute atomic E-state index is 10.5. The first kappa shape index (κ1) is 17.8. The zero-order valence-corrected chi connectivity index (χ0v) is 13.4. The summed E-state index contributed by atoms with van der Waals surface area (Å²) in [5.74, 6) is 0.558. The molecule has 0 bridgehead atoms. The van der Waals surface area contributed by atoms with Gasteiger partial charge in [-0.05, 0) is 37.3 Å². The first-order valence-electron chi connectivity index (χ1n) is 6.98. The van der Waals surface area contributed by atoms with Crippen LogP contribution in [-0.2, 0) is 0 Å². The van der Waals surface area contributed by atoms with Gasteiger partial charge in [0.15, 0.2) is 11.6 Å². The van der Waals surface area contributed by atoms with Crippen LogP contribution in [0.15, 0.2) is 56.0 Å². The van der Waals surface area contributed by atoms with Gasteiger partial charge in [-0.25, -0.2) is 4.99 Å². The van der Waals surface area contributed by atoms with Crippen LogP contribution in [0.3, 0.4) is 0 Å². The summed E-state index contributed by atoms with van der Waals surface area (Å²) in [5.41, 5.74) is 2.80. The molecule has 2 aromatic rings. The molecular formula is C15H15N5O5. The highest BCUT2D eigenvalue weighted by Crippen LogP contribution is 2.18. The van der Waals surface area contributed by atoms with E-state index in [2.05, 4.69) is 15.2 Å². The molecule has 1 aromatic heterocycles. The highest BCUT2D eigenvalue weighted by Gasteiger charge is 2.10. The van der Waals surface area contributed by atoms with Crippen LogP contribution in [0.1, 0.15) is 12.7 Å². The van der Waals surface area contributed by atoms with E-state index in [4.69, 9.17) is 9.15 Å². The van der Waals surface area contributed by atoms with Gasteiger partial charge in [0.1, 0.15) is 16.4 Å². The molecule has 0 saturated carbocycles. The molecule has 0 radical (unpaired) electrons. The van der Waals surface area contributed by atoms with Crippen molar-refractivity contribution >= 4 is 29.3 Å². The van der Waals surface area contributed by atoms with Crippen LogP contribution in [0.4, 0.5) is 11.6 Å². The van der Waals surface area contributed by atoms with Crippen molar-refractivity contribution in [3.63, 3.8) is 0 Å². The molecule has 0 aliphatic heterocycles. The Bertz CT molecular complexity index is 823. The zero-order chi connectivity index (χ0) is 18.2. The van der Waals surface area contributed by atoms with Crippen molar-refractivity contribution in [3.8, 4) is 5.75 Å². The summed E-state index contributed by atoms with van der Waals surface area (Å²) in [4.78, 5) is 14.1. The van der Waals surface area contributed by atoms with Crippen LogP contribution in [-0.4, -0.2) is 35.0 Å². The van der Waals surface area contributed by atoms with Gasteiger partial charge in [0, 0.05) is 0 Å². The van der Waals surface area contributed by atoms with E-state index in [1.54, 1.807) is 38.3 Å². The molecule has 0 aliphatic rings. The van der Waals surface area contributed by atoms with Crippen molar-refractivity contribution in [2.45, 2.75) is 6.92 Å². The number of methoxy groups -OCH3 is 1. The van der Waals surface area contributed by atoms with Crippen molar-refractivity contribution in [2.24, 2.45) is 15.2 Å². The van der Waals surface area contributed by atoms with Gasteiger partial charge in [-0.1, -0.05) is 0 Å². The predicted molar refractivity (Wildman–Crippen MR) is 91.1 cm³/mol. The highest BCUT2D eigenvalue weighted by atomic mass is 16.6. The van der Waals surface area contributed by atoms with Gasteiger partial charge in [0.2, 0.25) is 0 Å². The molecule has 10 heteroatoms. The molecule has 0 atom stereocenters. The molecule has 0 saturated heterocycles. The topological polar surface area (TPSA) is 135 Å². The van der Waals surface area contributed by atoms with Crippen LogP contribution in [0, 0.1) is 10.1 Å². The van der Waals surface area contributed by atoms with Crippen molar-refractivity contribution in [2.75, 3.05) is 7.11 Å². The largest absolute Gasteiger partial charge is 0.497 e. The molecule has 0 unspecified atom stereocenters. The van der Waals surface area contributed by atoms with Gasteiger partial charge >= 0.3 is 5.88 Å². The highest BCUT2D eigenvalue weighted by molar-refractivity contribution is 6.40. The summed E-state index contributed by atoms with van der Waals surface area (Å²) in [7, 11) is 1.56. The number of benzene rings is 1. The smallest absolute Gasteiger partial charge is 0.433 e.